The first-order chi connectivity index (χ1) is 13.2. The second-order valence-electron chi connectivity index (χ2n) is 6.98. The minimum absolute atomic E-state index is 0.0407. The third kappa shape index (κ3) is 4.06. The van der Waals surface area contributed by atoms with E-state index in [-0.39, 0.29) is 5.41 Å². The van der Waals surface area contributed by atoms with Crippen molar-refractivity contribution in [3.63, 3.8) is 0 Å². The Bertz CT molecular complexity index is 769. The summed E-state index contributed by atoms with van der Waals surface area (Å²) in [5.41, 5.74) is 5.36. The van der Waals surface area contributed by atoms with Gasteiger partial charge in [-0.25, -0.2) is 6.61 Å². The van der Waals surface area contributed by atoms with E-state index in [4.69, 9.17) is 17.0 Å². The van der Waals surface area contributed by atoms with Crippen LogP contribution in [0.3, 0.4) is 0 Å². The molecule has 2 aliphatic carbocycles. The van der Waals surface area contributed by atoms with Gasteiger partial charge in [0.05, 0.1) is 0 Å². The van der Waals surface area contributed by atoms with Gasteiger partial charge in [-0.2, -0.15) is 0 Å². The number of aliphatic hydroxyl groups excluding tert-OH is 1. The van der Waals surface area contributed by atoms with Crippen molar-refractivity contribution in [2.24, 2.45) is 5.41 Å². The van der Waals surface area contributed by atoms with Crippen molar-refractivity contribution in [3.05, 3.63) is 89.5 Å². The van der Waals surface area contributed by atoms with E-state index in [0.29, 0.717) is 18.3 Å². The van der Waals surface area contributed by atoms with Crippen LogP contribution in [0.4, 0.5) is 0 Å². The molecule has 2 aromatic rings. The summed E-state index contributed by atoms with van der Waals surface area (Å²) in [4.78, 5) is 0. The van der Waals surface area contributed by atoms with Crippen molar-refractivity contribution >= 4 is 29.2 Å². The van der Waals surface area contributed by atoms with Gasteiger partial charge < -0.3 is 5.11 Å². The summed E-state index contributed by atoms with van der Waals surface area (Å²) in [6.45, 7) is 3.63. The molecule has 0 bridgehead atoms. The number of benzene rings is 2. The van der Waals surface area contributed by atoms with E-state index >= 15 is 0 Å². The van der Waals surface area contributed by atoms with Gasteiger partial charge in [0.2, 0.25) is 0 Å². The topological polar surface area (TPSA) is 20.2 Å². The van der Waals surface area contributed by atoms with E-state index < -0.39 is 20.8 Å². The van der Waals surface area contributed by atoms with Crippen LogP contribution in [0.1, 0.15) is 53.9 Å². The van der Waals surface area contributed by atoms with Crippen LogP contribution >= 0.6 is 17.0 Å². The summed E-state index contributed by atoms with van der Waals surface area (Å²) in [6.07, 6.45) is 10.9. The molecule has 0 saturated carbocycles. The molecule has 0 aliphatic heterocycles. The first-order valence-corrected chi connectivity index (χ1v) is 15.5. The molecule has 27 heavy (non-hydrogen) atoms. The van der Waals surface area contributed by atoms with Crippen molar-refractivity contribution < 1.29 is 26.0 Å². The van der Waals surface area contributed by atoms with Crippen molar-refractivity contribution in [1.82, 2.24) is 0 Å². The standard InChI is InChI=1S/C23H23O.2ClH.Zr/c1-2-23(15-16-24,21-13-11-17-7-3-5-9-19(17)21)22-14-12-18-8-4-6-10-20(18)22;;;/h3-14,16,21-22,24H,2,15H2,1H3;2*1H;/q-1;;;+2/p-2. The van der Waals surface area contributed by atoms with Gasteiger partial charge in [0.25, 0.3) is 0 Å². The van der Waals surface area contributed by atoms with E-state index in [9.17, 15) is 5.11 Å². The number of hydrogen-bond acceptors (Lipinski definition) is 1. The number of aliphatic hydroxyl groups is 1. The monoisotopic (exact) mass is 475 g/mol. The average molecular weight is 478 g/mol. The van der Waals surface area contributed by atoms with E-state index in [2.05, 4.69) is 79.8 Å². The minimum atomic E-state index is -0.826. The number of hydrogen-bond donors (Lipinski definition) is 1. The van der Waals surface area contributed by atoms with Gasteiger partial charge in [-0.1, -0.05) is 86.2 Å². The maximum atomic E-state index is 9.78. The van der Waals surface area contributed by atoms with Gasteiger partial charge in [-0.3, -0.25) is 0 Å². The number of halogens is 2. The maximum absolute atomic E-state index is 9.78. The van der Waals surface area contributed by atoms with Crippen LogP contribution in [0.25, 0.3) is 12.2 Å². The zero-order valence-corrected chi connectivity index (χ0v) is 19.2. The van der Waals surface area contributed by atoms with E-state index in [1.54, 1.807) is 0 Å². The Labute approximate surface area is 180 Å². The second-order valence-corrected chi connectivity index (χ2v) is 10.7. The van der Waals surface area contributed by atoms with Crippen molar-refractivity contribution in [1.29, 1.82) is 0 Å². The van der Waals surface area contributed by atoms with Gasteiger partial charge in [0.15, 0.2) is 0 Å². The van der Waals surface area contributed by atoms with Crippen molar-refractivity contribution in [3.8, 4) is 0 Å². The van der Waals surface area contributed by atoms with Crippen molar-refractivity contribution in [2.75, 3.05) is 0 Å². The van der Waals surface area contributed by atoms with E-state index in [0.717, 1.165) is 6.42 Å². The van der Waals surface area contributed by atoms with Crippen LogP contribution in [-0.4, -0.2) is 5.11 Å². The molecule has 2 unspecified atom stereocenters. The zero-order chi connectivity index (χ0) is 19.3. The first-order valence-electron chi connectivity index (χ1n) is 9.18. The Balaban J connectivity index is 0.000000659. The van der Waals surface area contributed by atoms with Gasteiger partial charge >= 0.3 is 37.9 Å². The molecule has 4 rings (SSSR count). The Hall–Kier alpha value is -0.657. The third-order valence-electron chi connectivity index (χ3n) is 5.97. The van der Waals surface area contributed by atoms with Crippen LogP contribution in [-0.2, 0) is 20.8 Å². The van der Waals surface area contributed by atoms with Crippen LogP contribution in [0.2, 0.25) is 0 Å². The first kappa shape index (κ1) is 21.1. The molecule has 0 amide bonds. The number of fused-ring (bicyclic) bond motifs is 2. The van der Waals surface area contributed by atoms with Crippen LogP contribution in [0, 0.1) is 12.0 Å². The van der Waals surface area contributed by atoms with E-state index in [1.807, 2.05) is 0 Å². The molecule has 0 radical (unpaired) electrons. The molecule has 0 spiro atoms. The number of rotatable bonds is 5. The van der Waals surface area contributed by atoms with Gasteiger partial charge in [0.1, 0.15) is 0 Å². The third-order valence-corrected chi connectivity index (χ3v) is 5.97. The Morgan fingerprint density at radius 3 is 1.78 bits per heavy atom. The average Bonchev–Trinajstić information content (AvgIpc) is 3.32. The fraction of sp³-hybridized carbons (Fsp3) is 0.261. The van der Waals surface area contributed by atoms with Crippen LogP contribution in [0.15, 0.2) is 60.7 Å². The SMILES string of the molecule is CCC(C[CH-]O)(C1C=Cc2ccccc21)C1C=Cc2ccccc21.[Cl][Zr][Cl]. The predicted molar refractivity (Wildman–Crippen MR) is 112 cm³/mol. The summed E-state index contributed by atoms with van der Waals surface area (Å²) in [5, 5.41) is 9.78. The number of allylic oxidation sites excluding steroid dienone is 2. The summed E-state index contributed by atoms with van der Waals surface area (Å²) in [6, 6.07) is 17.3. The molecule has 0 saturated heterocycles. The Morgan fingerprint density at radius 2 is 1.37 bits per heavy atom. The predicted octanol–water partition coefficient (Wildman–Crippen LogP) is 7.30. The molecule has 140 valence electrons. The Kier molecular flexibility index (Phi) is 7.57. The molecule has 4 heteroatoms. The molecule has 0 aromatic heterocycles. The molecule has 2 aromatic carbocycles. The summed E-state index contributed by atoms with van der Waals surface area (Å²) in [5.74, 6) is 0.644. The fourth-order valence-corrected chi connectivity index (χ4v) is 4.70. The molecule has 1 N–H and O–H groups in total. The molecule has 1 nitrogen and oxygen atoms in total. The fourth-order valence-electron chi connectivity index (χ4n) is 4.70. The zero-order valence-electron chi connectivity index (χ0n) is 15.3. The van der Waals surface area contributed by atoms with E-state index in [1.165, 1.54) is 28.9 Å². The molecular weight excluding hydrogens is 454 g/mol. The molecular formula is C23H23Cl2OZr-. The van der Waals surface area contributed by atoms with Crippen LogP contribution in [0.5, 0.6) is 0 Å². The van der Waals surface area contributed by atoms with Gasteiger partial charge in [0, 0.05) is 11.8 Å². The summed E-state index contributed by atoms with van der Waals surface area (Å²) < 4.78 is 0. The molecule has 0 heterocycles. The molecule has 0 fully saturated rings. The van der Waals surface area contributed by atoms with Gasteiger partial charge in [-0.15, -0.1) is 6.42 Å². The van der Waals surface area contributed by atoms with Gasteiger partial charge in [-0.05, 0) is 27.7 Å². The quantitative estimate of drug-likeness (QED) is 0.448. The molecule has 2 atom stereocenters. The van der Waals surface area contributed by atoms with Crippen LogP contribution < -0.4 is 0 Å². The van der Waals surface area contributed by atoms with Crippen molar-refractivity contribution in [2.45, 2.75) is 31.6 Å². The Morgan fingerprint density at radius 1 is 0.926 bits per heavy atom. The summed E-state index contributed by atoms with van der Waals surface area (Å²) >= 11 is -0.826. The second kappa shape index (κ2) is 9.70. The normalized spacial score (nSPS) is 21.0. The summed E-state index contributed by atoms with van der Waals surface area (Å²) in [7, 11) is 9.87. The molecule has 2 aliphatic rings.